The van der Waals surface area contributed by atoms with Crippen LogP contribution < -0.4 is 9.47 Å². The molecule has 0 saturated heterocycles. The third-order valence-corrected chi connectivity index (χ3v) is 7.37. The highest BCUT2D eigenvalue weighted by Crippen LogP contribution is 2.34. The first-order valence-corrected chi connectivity index (χ1v) is 12.5. The Hall–Kier alpha value is -1.58. The fraction of sp³-hybridized carbons (Fsp3) is 0.704. The first-order valence-electron chi connectivity index (χ1n) is 12.5. The second-order valence-corrected chi connectivity index (χ2v) is 9.71. The van der Waals surface area contributed by atoms with Crippen molar-refractivity contribution in [2.24, 2.45) is 23.7 Å². The molecule has 174 valence electrons. The summed E-state index contributed by atoms with van der Waals surface area (Å²) < 4.78 is 40.3. The molecule has 0 bridgehead atoms. The van der Waals surface area contributed by atoms with Gasteiger partial charge in [0.1, 0.15) is 0 Å². The number of halogens is 2. The van der Waals surface area contributed by atoms with Gasteiger partial charge in [-0.1, -0.05) is 51.5 Å². The van der Waals surface area contributed by atoms with Crippen LogP contribution in [0.5, 0.6) is 11.5 Å². The molecule has 0 spiro atoms. The van der Waals surface area contributed by atoms with Crippen LogP contribution in [0.4, 0.5) is 8.78 Å². The Morgan fingerprint density at radius 3 is 1.77 bits per heavy atom. The highest BCUT2D eigenvalue weighted by molar-refractivity contribution is 5.35. The average Bonchev–Trinajstić information content (AvgIpc) is 2.81. The molecular formula is C27H40F2O2. The molecule has 0 N–H and O–H groups in total. The van der Waals surface area contributed by atoms with E-state index < -0.39 is 11.6 Å². The second kappa shape index (κ2) is 12.5. The summed E-state index contributed by atoms with van der Waals surface area (Å²) in [4.78, 5) is 0. The standard InChI is InChI=1S/C27H40F2O2/c1-3-5-6-7-21-10-14-23(15-11-21)19-31-25-17-16-24(26(28)27(25)29)30-18-22-12-8-20(4-2)9-13-22/h4,16-17,20-23H,2-3,5-15,18-19H2,1H3. The van der Waals surface area contributed by atoms with E-state index in [1.165, 1.54) is 50.7 Å². The van der Waals surface area contributed by atoms with E-state index in [0.717, 1.165) is 44.4 Å². The molecule has 0 amide bonds. The summed E-state index contributed by atoms with van der Waals surface area (Å²) in [6.45, 7) is 7.00. The Labute approximate surface area is 187 Å². The van der Waals surface area contributed by atoms with E-state index in [9.17, 15) is 8.78 Å². The van der Waals surface area contributed by atoms with Crippen molar-refractivity contribution in [3.8, 4) is 11.5 Å². The highest BCUT2D eigenvalue weighted by Gasteiger charge is 2.24. The molecule has 0 aliphatic heterocycles. The van der Waals surface area contributed by atoms with Crippen LogP contribution in [0.1, 0.15) is 84.0 Å². The van der Waals surface area contributed by atoms with Crippen LogP contribution in [0, 0.1) is 35.3 Å². The summed E-state index contributed by atoms with van der Waals surface area (Å²) in [7, 11) is 0. The number of hydrogen-bond acceptors (Lipinski definition) is 2. The van der Waals surface area contributed by atoms with Crippen molar-refractivity contribution in [1.82, 2.24) is 0 Å². The van der Waals surface area contributed by atoms with Gasteiger partial charge in [-0.15, -0.1) is 6.58 Å². The minimum Gasteiger partial charge on any atom is -0.490 e. The first-order chi connectivity index (χ1) is 15.1. The molecule has 0 radical (unpaired) electrons. The van der Waals surface area contributed by atoms with Crippen LogP contribution in [0.25, 0.3) is 0 Å². The average molecular weight is 435 g/mol. The second-order valence-electron chi connectivity index (χ2n) is 9.71. The molecule has 31 heavy (non-hydrogen) atoms. The maximum Gasteiger partial charge on any atom is 0.204 e. The predicted octanol–water partition coefficient (Wildman–Crippen LogP) is 8.10. The van der Waals surface area contributed by atoms with Gasteiger partial charge < -0.3 is 9.47 Å². The van der Waals surface area contributed by atoms with Gasteiger partial charge in [0.15, 0.2) is 11.5 Å². The zero-order chi connectivity index (χ0) is 22.1. The van der Waals surface area contributed by atoms with Gasteiger partial charge in [0, 0.05) is 0 Å². The molecule has 2 aliphatic rings. The Morgan fingerprint density at radius 2 is 1.29 bits per heavy atom. The molecule has 0 heterocycles. The lowest BCUT2D eigenvalue weighted by Gasteiger charge is -2.28. The van der Waals surface area contributed by atoms with Crippen LogP contribution in [-0.2, 0) is 0 Å². The van der Waals surface area contributed by atoms with Crippen molar-refractivity contribution in [2.75, 3.05) is 13.2 Å². The molecular weight excluding hydrogens is 394 g/mol. The quantitative estimate of drug-likeness (QED) is 0.259. The van der Waals surface area contributed by atoms with Crippen molar-refractivity contribution in [3.05, 3.63) is 36.4 Å². The van der Waals surface area contributed by atoms with E-state index in [-0.39, 0.29) is 11.5 Å². The van der Waals surface area contributed by atoms with Gasteiger partial charge in [0.05, 0.1) is 13.2 Å². The minimum atomic E-state index is -0.933. The molecule has 1 aromatic carbocycles. The lowest BCUT2D eigenvalue weighted by Crippen LogP contribution is -2.21. The monoisotopic (exact) mass is 434 g/mol. The van der Waals surface area contributed by atoms with E-state index in [1.54, 1.807) is 0 Å². The predicted molar refractivity (Wildman–Crippen MR) is 123 cm³/mol. The fourth-order valence-electron chi connectivity index (χ4n) is 5.11. The highest BCUT2D eigenvalue weighted by atomic mass is 19.2. The Morgan fingerprint density at radius 1 is 0.806 bits per heavy atom. The summed E-state index contributed by atoms with van der Waals surface area (Å²) in [5.74, 6) is 0.374. The van der Waals surface area contributed by atoms with E-state index in [2.05, 4.69) is 13.5 Å². The Bertz CT molecular complexity index is 674. The number of benzene rings is 1. The van der Waals surface area contributed by atoms with Gasteiger partial charge in [0.2, 0.25) is 11.6 Å². The normalized spacial score (nSPS) is 26.4. The van der Waals surface area contributed by atoms with E-state index >= 15 is 0 Å². The van der Waals surface area contributed by atoms with Gasteiger partial charge >= 0.3 is 0 Å². The van der Waals surface area contributed by atoms with Crippen LogP contribution in [-0.4, -0.2) is 13.2 Å². The molecule has 0 unspecified atom stereocenters. The molecule has 2 nitrogen and oxygen atoms in total. The summed E-state index contributed by atoms with van der Waals surface area (Å²) in [5.41, 5.74) is 0. The van der Waals surface area contributed by atoms with Crippen LogP contribution >= 0.6 is 0 Å². The van der Waals surface area contributed by atoms with E-state index in [4.69, 9.17) is 9.47 Å². The van der Waals surface area contributed by atoms with Crippen LogP contribution in [0.15, 0.2) is 24.8 Å². The first kappa shape index (κ1) is 24.1. The van der Waals surface area contributed by atoms with Crippen molar-refractivity contribution in [3.63, 3.8) is 0 Å². The molecule has 0 aromatic heterocycles. The number of ether oxygens (including phenoxy) is 2. The Kier molecular flexibility index (Phi) is 9.67. The molecule has 2 saturated carbocycles. The SMILES string of the molecule is C=CC1CCC(COc2ccc(OCC3CCC(CCCCC)CC3)c(F)c2F)CC1. The van der Waals surface area contributed by atoms with Gasteiger partial charge in [-0.2, -0.15) is 8.78 Å². The Balaban J connectivity index is 1.41. The minimum absolute atomic E-state index is 0.00131. The van der Waals surface area contributed by atoms with Gasteiger partial charge in [-0.05, 0) is 74.3 Å². The van der Waals surface area contributed by atoms with Crippen molar-refractivity contribution in [2.45, 2.75) is 84.0 Å². The molecule has 2 fully saturated rings. The zero-order valence-electron chi connectivity index (χ0n) is 19.2. The van der Waals surface area contributed by atoms with E-state index in [1.807, 2.05) is 6.08 Å². The maximum absolute atomic E-state index is 14.5. The summed E-state index contributed by atoms with van der Waals surface area (Å²) in [6.07, 6.45) is 16.3. The summed E-state index contributed by atoms with van der Waals surface area (Å²) >= 11 is 0. The third-order valence-electron chi connectivity index (χ3n) is 7.37. The lowest BCUT2D eigenvalue weighted by molar-refractivity contribution is 0.169. The molecule has 4 heteroatoms. The maximum atomic E-state index is 14.5. The zero-order valence-corrected chi connectivity index (χ0v) is 19.2. The van der Waals surface area contributed by atoms with Crippen LogP contribution in [0.2, 0.25) is 0 Å². The fourth-order valence-corrected chi connectivity index (χ4v) is 5.11. The van der Waals surface area contributed by atoms with Crippen molar-refractivity contribution < 1.29 is 18.3 Å². The molecule has 2 aliphatic carbocycles. The topological polar surface area (TPSA) is 18.5 Å². The molecule has 0 atom stereocenters. The summed E-state index contributed by atoms with van der Waals surface area (Å²) in [5, 5.41) is 0. The number of unbranched alkanes of at least 4 members (excludes halogenated alkanes) is 2. The van der Waals surface area contributed by atoms with Crippen molar-refractivity contribution >= 4 is 0 Å². The number of rotatable bonds is 11. The van der Waals surface area contributed by atoms with Gasteiger partial charge in [-0.25, -0.2) is 0 Å². The van der Waals surface area contributed by atoms with Gasteiger partial charge in [-0.3, -0.25) is 0 Å². The number of allylic oxidation sites excluding steroid dienone is 1. The lowest BCUT2D eigenvalue weighted by atomic mass is 9.80. The summed E-state index contributed by atoms with van der Waals surface area (Å²) in [6, 6.07) is 3.02. The molecule has 3 rings (SSSR count). The number of hydrogen-bond donors (Lipinski definition) is 0. The van der Waals surface area contributed by atoms with Gasteiger partial charge in [0.25, 0.3) is 0 Å². The molecule has 1 aromatic rings. The van der Waals surface area contributed by atoms with Crippen LogP contribution in [0.3, 0.4) is 0 Å². The van der Waals surface area contributed by atoms with Crippen molar-refractivity contribution in [1.29, 1.82) is 0 Å². The smallest absolute Gasteiger partial charge is 0.204 e. The van der Waals surface area contributed by atoms with E-state index in [0.29, 0.717) is 31.0 Å². The third kappa shape index (κ3) is 7.22. The largest absolute Gasteiger partial charge is 0.490 e.